The molecule has 2 fully saturated rings. The molecule has 1 atom stereocenters. The number of para-hydroxylation sites is 1. The molecule has 1 heterocycles. The molecule has 2 aliphatic rings. The maximum Gasteiger partial charge on any atom is 0.314 e. The van der Waals surface area contributed by atoms with Crippen LogP contribution in [-0.4, -0.2) is 33.3 Å². The van der Waals surface area contributed by atoms with E-state index in [1.807, 2.05) is 26.0 Å². The summed E-state index contributed by atoms with van der Waals surface area (Å²) in [6, 6.07) is 7.08. The molecule has 1 saturated carbocycles. The van der Waals surface area contributed by atoms with Gasteiger partial charge in [0.2, 0.25) is 5.91 Å². The van der Waals surface area contributed by atoms with Crippen LogP contribution in [-0.2, 0) is 16.0 Å². The van der Waals surface area contributed by atoms with Gasteiger partial charge in [-0.25, -0.2) is 0 Å². The maximum atomic E-state index is 12.4. The summed E-state index contributed by atoms with van der Waals surface area (Å²) < 4.78 is 5.46. The van der Waals surface area contributed by atoms with Crippen molar-refractivity contribution in [2.45, 2.75) is 44.4 Å². The molecule has 1 aromatic rings. The number of thioether (sulfide) groups is 1. The highest BCUT2D eigenvalue weighted by molar-refractivity contribution is 8.15. The average Bonchev–Trinajstić information content (AvgIpc) is 3.29. The lowest BCUT2D eigenvalue weighted by molar-refractivity contribution is -0.135. The summed E-state index contributed by atoms with van der Waals surface area (Å²) in [7, 11) is 0. The molecule has 6 heteroatoms. The Balaban J connectivity index is 1.74. The van der Waals surface area contributed by atoms with Crippen molar-refractivity contribution in [2.24, 2.45) is 5.92 Å². The molecule has 0 N–H and O–H groups in total. The topological polar surface area (TPSA) is 63.7 Å². The van der Waals surface area contributed by atoms with Gasteiger partial charge in [-0.15, -0.1) is 0 Å². The summed E-state index contributed by atoms with van der Waals surface area (Å²) in [6.45, 7) is 3.65. The Hall–Kier alpha value is -1.82. The fourth-order valence-electron chi connectivity index (χ4n) is 2.55. The van der Waals surface area contributed by atoms with Gasteiger partial charge in [0.25, 0.3) is 5.24 Å². The van der Waals surface area contributed by atoms with Gasteiger partial charge in [0.15, 0.2) is 0 Å². The van der Waals surface area contributed by atoms with Gasteiger partial charge < -0.3 is 4.74 Å². The van der Waals surface area contributed by atoms with E-state index in [-0.39, 0.29) is 29.1 Å². The molecule has 1 unspecified atom stereocenters. The molecule has 1 aromatic carbocycles. The third-order valence-corrected chi connectivity index (χ3v) is 5.02. The van der Waals surface area contributed by atoms with E-state index >= 15 is 0 Å². The SMILES string of the molecule is CC(C)N1C(=O)SC(Cc2ccccc2OC(=O)C2CC2)C1=O. The summed E-state index contributed by atoms with van der Waals surface area (Å²) in [6.07, 6.45) is 2.15. The fourth-order valence-corrected chi connectivity index (χ4v) is 3.69. The lowest BCUT2D eigenvalue weighted by Gasteiger charge is -2.18. The molecule has 0 spiro atoms. The van der Waals surface area contributed by atoms with Crippen LogP contribution in [0.1, 0.15) is 32.3 Å². The third kappa shape index (κ3) is 3.42. The second kappa shape index (κ2) is 6.35. The number of imide groups is 1. The van der Waals surface area contributed by atoms with Crippen molar-refractivity contribution in [3.63, 3.8) is 0 Å². The number of rotatable bonds is 5. The number of benzene rings is 1. The number of hydrogen-bond donors (Lipinski definition) is 0. The Morgan fingerprint density at radius 1 is 1.30 bits per heavy atom. The van der Waals surface area contributed by atoms with Gasteiger partial charge in [-0.3, -0.25) is 19.3 Å². The predicted octanol–water partition coefficient (Wildman–Crippen LogP) is 3.02. The first-order chi connectivity index (χ1) is 11.0. The Bertz CT molecular complexity index is 654. The van der Waals surface area contributed by atoms with Crippen molar-refractivity contribution >= 4 is 28.9 Å². The maximum absolute atomic E-state index is 12.4. The van der Waals surface area contributed by atoms with Gasteiger partial charge in [-0.05, 0) is 44.7 Å². The molecule has 23 heavy (non-hydrogen) atoms. The van der Waals surface area contributed by atoms with Crippen molar-refractivity contribution in [3.05, 3.63) is 29.8 Å². The molecule has 0 bridgehead atoms. The first kappa shape index (κ1) is 16.1. The van der Waals surface area contributed by atoms with E-state index in [9.17, 15) is 14.4 Å². The molecule has 0 radical (unpaired) electrons. The predicted molar refractivity (Wildman–Crippen MR) is 87.3 cm³/mol. The highest BCUT2D eigenvalue weighted by atomic mass is 32.2. The normalized spacial score (nSPS) is 21.2. The molecule has 1 aliphatic heterocycles. The van der Waals surface area contributed by atoms with Crippen LogP contribution in [0.5, 0.6) is 5.75 Å². The first-order valence-electron chi connectivity index (χ1n) is 7.80. The van der Waals surface area contributed by atoms with E-state index in [0.717, 1.165) is 30.2 Å². The zero-order chi connectivity index (χ0) is 16.6. The Morgan fingerprint density at radius 2 is 2.00 bits per heavy atom. The van der Waals surface area contributed by atoms with Crippen LogP contribution >= 0.6 is 11.8 Å². The first-order valence-corrected chi connectivity index (χ1v) is 8.68. The van der Waals surface area contributed by atoms with Crippen LogP contribution in [0.3, 0.4) is 0 Å². The minimum Gasteiger partial charge on any atom is -0.426 e. The largest absolute Gasteiger partial charge is 0.426 e. The zero-order valence-corrected chi connectivity index (χ0v) is 14.0. The van der Waals surface area contributed by atoms with Gasteiger partial charge >= 0.3 is 5.97 Å². The number of carbonyl (C=O) groups is 3. The number of esters is 1. The van der Waals surface area contributed by atoms with Crippen molar-refractivity contribution in [3.8, 4) is 5.75 Å². The lowest BCUT2D eigenvalue weighted by atomic mass is 10.1. The molecule has 122 valence electrons. The van der Waals surface area contributed by atoms with Gasteiger partial charge in [0, 0.05) is 6.04 Å². The Kier molecular flexibility index (Phi) is 4.43. The van der Waals surface area contributed by atoms with E-state index in [0.29, 0.717) is 12.2 Å². The molecule has 0 aromatic heterocycles. The number of amides is 2. The van der Waals surface area contributed by atoms with Crippen LogP contribution in [0, 0.1) is 5.92 Å². The number of carbonyl (C=O) groups excluding carboxylic acids is 3. The van der Waals surface area contributed by atoms with E-state index in [4.69, 9.17) is 4.74 Å². The lowest BCUT2D eigenvalue weighted by Crippen LogP contribution is -2.37. The van der Waals surface area contributed by atoms with Gasteiger partial charge in [0.1, 0.15) is 5.75 Å². The van der Waals surface area contributed by atoms with Crippen molar-refractivity contribution in [2.75, 3.05) is 0 Å². The van der Waals surface area contributed by atoms with E-state index in [2.05, 4.69) is 0 Å². The summed E-state index contributed by atoms with van der Waals surface area (Å²) in [5, 5.41) is -0.659. The third-order valence-electron chi connectivity index (χ3n) is 3.97. The highest BCUT2D eigenvalue weighted by Gasteiger charge is 2.41. The average molecular weight is 333 g/mol. The fraction of sp³-hybridized carbons (Fsp3) is 0.471. The minimum absolute atomic E-state index is 0.0172. The smallest absolute Gasteiger partial charge is 0.314 e. The van der Waals surface area contributed by atoms with Crippen LogP contribution in [0.25, 0.3) is 0 Å². The molecular formula is C17H19NO4S. The highest BCUT2D eigenvalue weighted by Crippen LogP contribution is 2.35. The van der Waals surface area contributed by atoms with E-state index < -0.39 is 5.25 Å². The summed E-state index contributed by atoms with van der Waals surface area (Å²) in [4.78, 5) is 37.5. The van der Waals surface area contributed by atoms with E-state index in [1.165, 1.54) is 4.90 Å². The molecule has 2 amide bonds. The number of hydrogen-bond acceptors (Lipinski definition) is 5. The molecule has 5 nitrogen and oxygen atoms in total. The molecule has 1 saturated heterocycles. The van der Waals surface area contributed by atoms with Crippen molar-refractivity contribution in [1.82, 2.24) is 4.90 Å². The Labute approximate surface area is 139 Å². The number of ether oxygens (including phenoxy) is 1. The van der Waals surface area contributed by atoms with Crippen LogP contribution in [0.15, 0.2) is 24.3 Å². The van der Waals surface area contributed by atoms with Crippen molar-refractivity contribution in [1.29, 1.82) is 0 Å². The summed E-state index contributed by atoms with van der Waals surface area (Å²) in [5.41, 5.74) is 0.783. The quantitative estimate of drug-likeness (QED) is 0.612. The Morgan fingerprint density at radius 3 is 2.61 bits per heavy atom. The van der Waals surface area contributed by atoms with Crippen LogP contribution in [0.4, 0.5) is 4.79 Å². The second-order valence-electron chi connectivity index (χ2n) is 6.18. The van der Waals surface area contributed by atoms with E-state index in [1.54, 1.807) is 12.1 Å². The van der Waals surface area contributed by atoms with Crippen molar-refractivity contribution < 1.29 is 19.1 Å². The standard InChI is InChI=1S/C17H19NO4S/c1-10(2)18-15(19)14(23-17(18)21)9-12-5-3-4-6-13(12)22-16(20)11-7-8-11/h3-6,10-11,14H,7-9H2,1-2H3. The van der Waals surface area contributed by atoms with Crippen LogP contribution in [0.2, 0.25) is 0 Å². The van der Waals surface area contributed by atoms with Gasteiger partial charge in [0.05, 0.1) is 11.2 Å². The van der Waals surface area contributed by atoms with Gasteiger partial charge in [-0.1, -0.05) is 30.0 Å². The second-order valence-corrected chi connectivity index (χ2v) is 7.34. The molecular weight excluding hydrogens is 314 g/mol. The summed E-state index contributed by atoms with van der Waals surface area (Å²) in [5.74, 6) is 0.137. The monoisotopic (exact) mass is 333 g/mol. The molecule has 1 aliphatic carbocycles. The minimum atomic E-state index is -0.453. The van der Waals surface area contributed by atoms with Crippen LogP contribution < -0.4 is 4.74 Å². The van der Waals surface area contributed by atoms with Gasteiger partial charge in [-0.2, -0.15) is 0 Å². The summed E-state index contributed by atoms with van der Waals surface area (Å²) >= 11 is 1.05. The zero-order valence-electron chi connectivity index (χ0n) is 13.2. The number of nitrogens with zero attached hydrogens (tertiary/aromatic N) is 1. The molecule has 3 rings (SSSR count).